The van der Waals surface area contributed by atoms with E-state index in [-0.39, 0.29) is 5.91 Å². The summed E-state index contributed by atoms with van der Waals surface area (Å²) in [7, 11) is 2.82. The minimum atomic E-state index is -1.09. The molecule has 0 unspecified atom stereocenters. The van der Waals surface area contributed by atoms with Gasteiger partial charge in [-0.25, -0.2) is 4.39 Å². The van der Waals surface area contributed by atoms with Gasteiger partial charge in [0.05, 0.1) is 7.11 Å². The predicted molar refractivity (Wildman–Crippen MR) is 68.1 cm³/mol. The molecule has 1 amide bonds. The molecule has 0 aliphatic heterocycles. The molecule has 2 rings (SSSR count). The van der Waals surface area contributed by atoms with Crippen LogP contribution in [0.5, 0.6) is 0 Å². The average molecular weight is 265 g/mol. The van der Waals surface area contributed by atoms with Crippen LogP contribution in [0.2, 0.25) is 0 Å². The number of benzene rings is 1. The fourth-order valence-electron chi connectivity index (χ4n) is 2.35. The molecule has 1 aliphatic carbocycles. The number of carbonyl (C=O) groups is 2. The molecule has 1 aromatic rings. The molecule has 0 saturated heterocycles. The van der Waals surface area contributed by atoms with E-state index in [1.807, 2.05) is 0 Å². The maximum Gasteiger partial charge on any atom is 0.321 e. The quantitative estimate of drug-likeness (QED) is 0.621. The lowest BCUT2D eigenvalue weighted by molar-refractivity contribution is -0.163. The van der Waals surface area contributed by atoms with Crippen molar-refractivity contribution >= 4 is 17.6 Å². The number of anilines is 1. The van der Waals surface area contributed by atoms with Crippen LogP contribution in [-0.4, -0.2) is 26.0 Å². The van der Waals surface area contributed by atoms with Crippen molar-refractivity contribution in [1.82, 2.24) is 0 Å². The van der Waals surface area contributed by atoms with Gasteiger partial charge in [0.2, 0.25) is 5.91 Å². The van der Waals surface area contributed by atoms with Crippen LogP contribution in [0, 0.1) is 11.2 Å². The minimum Gasteiger partial charge on any atom is -0.468 e. The number of hydrogen-bond donors (Lipinski definition) is 0. The van der Waals surface area contributed by atoms with Crippen molar-refractivity contribution in [2.24, 2.45) is 5.41 Å². The van der Waals surface area contributed by atoms with Gasteiger partial charge < -0.3 is 9.64 Å². The molecule has 5 heteroatoms. The molecule has 0 bridgehead atoms. The number of ether oxygens (including phenoxy) is 1. The number of hydrogen-bond acceptors (Lipinski definition) is 3. The number of amides is 1. The Bertz CT molecular complexity index is 511. The number of nitrogens with zero attached hydrogens (tertiary/aromatic N) is 1. The van der Waals surface area contributed by atoms with Crippen molar-refractivity contribution in [3.8, 4) is 0 Å². The second-order valence-corrected chi connectivity index (χ2v) is 4.77. The fourth-order valence-corrected chi connectivity index (χ4v) is 2.35. The van der Waals surface area contributed by atoms with Crippen LogP contribution in [0.1, 0.15) is 19.3 Å². The van der Waals surface area contributed by atoms with E-state index in [2.05, 4.69) is 0 Å². The number of rotatable bonds is 3. The van der Waals surface area contributed by atoms with E-state index in [0.29, 0.717) is 18.5 Å². The molecular weight excluding hydrogens is 249 g/mol. The third-order valence-electron chi connectivity index (χ3n) is 3.69. The van der Waals surface area contributed by atoms with Gasteiger partial charge in [-0.15, -0.1) is 0 Å². The van der Waals surface area contributed by atoms with Gasteiger partial charge in [0.25, 0.3) is 0 Å². The van der Waals surface area contributed by atoms with Crippen molar-refractivity contribution in [2.45, 2.75) is 19.3 Å². The Morgan fingerprint density at radius 1 is 1.37 bits per heavy atom. The third-order valence-corrected chi connectivity index (χ3v) is 3.69. The maximum atomic E-state index is 13.2. The number of halogens is 1. The monoisotopic (exact) mass is 265 g/mol. The van der Waals surface area contributed by atoms with Crippen LogP contribution >= 0.6 is 0 Å². The molecule has 0 heterocycles. The lowest BCUT2D eigenvalue weighted by atomic mass is 9.67. The molecule has 1 aromatic carbocycles. The summed E-state index contributed by atoms with van der Waals surface area (Å²) in [5, 5.41) is 0. The van der Waals surface area contributed by atoms with Gasteiger partial charge in [0.1, 0.15) is 11.2 Å². The molecule has 1 aliphatic rings. The molecule has 102 valence electrons. The van der Waals surface area contributed by atoms with Crippen molar-refractivity contribution in [2.75, 3.05) is 19.1 Å². The smallest absolute Gasteiger partial charge is 0.321 e. The van der Waals surface area contributed by atoms with Crippen LogP contribution in [0.15, 0.2) is 24.3 Å². The Hall–Kier alpha value is -1.91. The SMILES string of the molecule is COC(=O)C1(C(=O)N(C)c2cccc(F)c2)CCC1. The lowest BCUT2D eigenvalue weighted by Crippen LogP contribution is -2.52. The summed E-state index contributed by atoms with van der Waals surface area (Å²) in [6.07, 6.45) is 1.79. The van der Waals surface area contributed by atoms with E-state index < -0.39 is 17.2 Å². The van der Waals surface area contributed by atoms with E-state index in [1.165, 1.54) is 30.2 Å². The van der Waals surface area contributed by atoms with Gasteiger partial charge in [-0.1, -0.05) is 12.5 Å². The first kappa shape index (κ1) is 13.5. The van der Waals surface area contributed by atoms with Gasteiger partial charge in [-0.3, -0.25) is 9.59 Å². The average Bonchev–Trinajstić information content (AvgIpc) is 2.36. The molecule has 19 heavy (non-hydrogen) atoms. The zero-order valence-corrected chi connectivity index (χ0v) is 11.0. The van der Waals surface area contributed by atoms with Gasteiger partial charge in [0.15, 0.2) is 0 Å². The second kappa shape index (κ2) is 4.99. The Balaban J connectivity index is 2.26. The molecular formula is C14H16FNO3. The van der Waals surface area contributed by atoms with Crippen molar-refractivity contribution in [3.05, 3.63) is 30.1 Å². The van der Waals surface area contributed by atoms with Crippen LogP contribution in [0.3, 0.4) is 0 Å². The summed E-state index contributed by atoms with van der Waals surface area (Å²) >= 11 is 0. The first-order valence-corrected chi connectivity index (χ1v) is 6.13. The standard InChI is InChI=1S/C14H16FNO3/c1-16(11-6-3-5-10(15)9-11)12(17)14(7-4-8-14)13(18)19-2/h3,5-6,9H,4,7-8H2,1-2H3. The minimum absolute atomic E-state index is 0.337. The Labute approximate surface area is 111 Å². The topological polar surface area (TPSA) is 46.6 Å². The maximum absolute atomic E-state index is 13.2. The number of carbonyl (C=O) groups excluding carboxylic acids is 2. The van der Waals surface area contributed by atoms with Gasteiger partial charge in [-0.05, 0) is 31.0 Å². The summed E-state index contributed by atoms with van der Waals surface area (Å²) in [6.45, 7) is 0. The first-order valence-electron chi connectivity index (χ1n) is 6.13. The summed E-state index contributed by atoms with van der Waals surface area (Å²) in [5.41, 5.74) is -0.657. The van der Waals surface area contributed by atoms with Gasteiger partial charge >= 0.3 is 5.97 Å². The Kier molecular flexibility index (Phi) is 3.55. The second-order valence-electron chi connectivity index (χ2n) is 4.77. The summed E-state index contributed by atoms with van der Waals surface area (Å²) in [6, 6.07) is 5.73. The number of esters is 1. The fraction of sp³-hybridized carbons (Fsp3) is 0.429. The van der Waals surface area contributed by atoms with E-state index in [1.54, 1.807) is 13.1 Å². The molecule has 1 saturated carbocycles. The molecule has 0 aromatic heterocycles. The lowest BCUT2D eigenvalue weighted by Gasteiger charge is -2.39. The van der Waals surface area contributed by atoms with E-state index in [4.69, 9.17) is 4.74 Å². The van der Waals surface area contributed by atoms with Gasteiger partial charge in [-0.2, -0.15) is 0 Å². The zero-order valence-electron chi connectivity index (χ0n) is 11.0. The summed E-state index contributed by atoms with van der Waals surface area (Å²) in [5.74, 6) is -1.26. The van der Waals surface area contributed by atoms with Crippen LogP contribution in [0.25, 0.3) is 0 Å². The van der Waals surface area contributed by atoms with Gasteiger partial charge in [0, 0.05) is 12.7 Å². The van der Waals surface area contributed by atoms with Crippen molar-refractivity contribution in [3.63, 3.8) is 0 Å². The highest BCUT2D eigenvalue weighted by Gasteiger charge is 2.53. The molecule has 0 atom stereocenters. The molecule has 1 fully saturated rings. The zero-order chi connectivity index (χ0) is 14.0. The molecule has 0 radical (unpaired) electrons. The highest BCUT2D eigenvalue weighted by Crippen LogP contribution is 2.44. The van der Waals surface area contributed by atoms with E-state index in [9.17, 15) is 14.0 Å². The highest BCUT2D eigenvalue weighted by molar-refractivity contribution is 6.10. The van der Waals surface area contributed by atoms with Crippen LogP contribution < -0.4 is 4.90 Å². The Morgan fingerprint density at radius 3 is 2.53 bits per heavy atom. The van der Waals surface area contributed by atoms with E-state index in [0.717, 1.165) is 6.42 Å². The highest BCUT2D eigenvalue weighted by atomic mass is 19.1. The van der Waals surface area contributed by atoms with E-state index >= 15 is 0 Å². The van der Waals surface area contributed by atoms with Crippen LogP contribution in [-0.2, 0) is 14.3 Å². The molecule has 4 nitrogen and oxygen atoms in total. The predicted octanol–water partition coefficient (Wildman–Crippen LogP) is 2.13. The molecule has 0 spiro atoms. The normalized spacial score (nSPS) is 16.4. The third kappa shape index (κ3) is 2.20. The van der Waals surface area contributed by atoms with Crippen molar-refractivity contribution < 1.29 is 18.7 Å². The number of methoxy groups -OCH3 is 1. The first-order chi connectivity index (χ1) is 9.01. The van der Waals surface area contributed by atoms with Crippen molar-refractivity contribution in [1.29, 1.82) is 0 Å². The van der Waals surface area contributed by atoms with Crippen LogP contribution in [0.4, 0.5) is 10.1 Å². The summed E-state index contributed by atoms with van der Waals surface area (Å²) < 4.78 is 17.9. The molecule has 0 N–H and O–H groups in total. The largest absolute Gasteiger partial charge is 0.468 e. The summed E-state index contributed by atoms with van der Waals surface area (Å²) in [4.78, 5) is 25.6. The Morgan fingerprint density at radius 2 is 2.05 bits per heavy atom.